The fraction of sp³-hybridized carbons (Fsp3) is 0.273. The maximum Gasteiger partial charge on any atom is 0.322 e. The number of amides is 3. The third kappa shape index (κ3) is 3.18. The van der Waals surface area contributed by atoms with Gasteiger partial charge in [-0.2, -0.15) is 0 Å². The molecule has 1 unspecified atom stereocenters. The topological polar surface area (TPSA) is 71.1 Å². The Morgan fingerprint density at radius 3 is 2.48 bits per heavy atom. The van der Waals surface area contributed by atoms with Crippen molar-refractivity contribution in [2.75, 3.05) is 27.8 Å². The van der Waals surface area contributed by atoms with E-state index in [-0.39, 0.29) is 11.9 Å². The molecule has 150 valence electrons. The number of nitrogens with one attached hydrogen (secondary N) is 1. The monoisotopic (exact) mass is 393 g/mol. The summed E-state index contributed by atoms with van der Waals surface area (Å²) in [6.45, 7) is 0.867. The lowest BCUT2D eigenvalue weighted by atomic mass is 9.94. The predicted molar refractivity (Wildman–Crippen MR) is 107 cm³/mol. The van der Waals surface area contributed by atoms with Crippen LogP contribution in [0.2, 0.25) is 0 Å². The number of ether oxygens (including phenoxy) is 2. The molecule has 29 heavy (non-hydrogen) atoms. The minimum Gasteiger partial charge on any atom is -0.493 e. The first-order valence-corrected chi connectivity index (χ1v) is 9.36. The van der Waals surface area contributed by atoms with Crippen molar-refractivity contribution in [2.24, 2.45) is 0 Å². The molecule has 2 heterocycles. The fourth-order valence-corrected chi connectivity index (χ4v) is 3.93. The largest absolute Gasteiger partial charge is 0.493 e. The van der Waals surface area contributed by atoms with E-state index in [1.165, 1.54) is 4.90 Å². The van der Waals surface area contributed by atoms with E-state index in [1.54, 1.807) is 32.2 Å². The maximum absolute atomic E-state index is 13.4. The van der Waals surface area contributed by atoms with Crippen molar-refractivity contribution >= 4 is 11.9 Å². The third-order valence-corrected chi connectivity index (χ3v) is 5.40. The molecule has 0 fully saturated rings. The standard InChI is InChI=1S/C22H23N3O4/c1-24-16-13-25(12-14-8-5-4-6-9-14)21(26)18(16)19(23-22(24)27)15-10-7-11-17(28-2)20(15)29-3/h4-11,19H,12-13H2,1-3H3,(H,23,27). The Balaban J connectivity index is 1.74. The molecule has 7 heteroatoms. The van der Waals surface area contributed by atoms with Crippen molar-refractivity contribution in [3.63, 3.8) is 0 Å². The molecule has 0 bridgehead atoms. The summed E-state index contributed by atoms with van der Waals surface area (Å²) in [5.41, 5.74) is 3.01. The quantitative estimate of drug-likeness (QED) is 0.848. The second kappa shape index (κ2) is 7.50. The zero-order valence-corrected chi connectivity index (χ0v) is 16.6. The van der Waals surface area contributed by atoms with Crippen LogP contribution in [0.4, 0.5) is 4.79 Å². The number of benzene rings is 2. The molecule has 2 aromatic rings. The van der Waals surface area contributed by atoms with E-state index in [4.69, 9.17) is 9.47 Å². The van der Waals surface area contributed by atoms with Crippen LogP contribution in [-0.2, 0) is 11.3 Å². The number of hydrogen-bond acceptors (Lipinski definition) is 4. The summed E-state index contributed by atoms with van der Waals surface area (Å²) in [7, 11) is 4.79. The van der Waals surface area contributed by atoms with E-state index in [0.717, 1.165) is 5.56 Å². The second-order valence-electron chi connectivity index (χ2n) is 7.03. The summed E-state index contributed by atoms with van der Waals surface area (Å²) in [5, 5.41) is 2.94. The van der Waals surface area contributed by atoms with Crippen molar-refractivity contribution in [2.45, 2.75) is 12.6 Å². The number of hydrogen-bond donors (Lipinski definition) is 1. The summed E-state index contributed by atoms with van der Waals surface area (Å²) >= 11 is 0. The van der Waals surface area contributed by atoms with Crippen LogP contribution >= 0.6 is 0 Å². The van der Waals surface area contributed by atoms with Gasteiger partial charge in [-0.15, -0.1) is 0 Å². The summed E-state index contributed by atoms with van der Waals surface area (Å²) in [5.74, 6) is 0.962. The van der Waals surface area contributed by atoms with Gasteiger partial charge in [-0.05, 0) is 11.6 Å². The van der Waals surface area contributed by atoms with Crippen molar-refractivity contribution in [1.82, 2.24) is 15.1 Å². The Labute approximate surface area is 169 Å². The van der Waals surface area contributed by atoms with Gasteiger partial charge >= 0.3 is 6.03 Å². The van der Waals surface area contributed by atoms with Gasteiger partial charge < -0.3 is 19.7 Å². The van der Waals surface area contributed by atoms with Crippen molar-refractivity contribution in [3.05, 3.63) is 70.9 Å². The summed E-state index contributed by atoms with van der Waals surface area (Å²) in [6, 6.07) is 14.4. The molecule has 0 aromatic heterocycles. The van der Waals surface area contributed by atoms with Crippen LogP contribution in [0.25, 0.3) is 0 Å². The van der Waals surface area contributed by atoms with Crippen LogP contribution in [0, 0.1) is 0 Å². The lowest BCUT2D eigenvalue weighted by molar-refractivity contribution is -0.126. The molecule has 2 aromatic carbocycles. The Bertz CT molecular complexity index is 987. The molecule has 2 aliphatic rings. The lowest BCUT2D eigenvalue weighted by Gasteiger charge is -2.31. The Kier molecular flexibility index (Phi) is 4.88. The number of methoxy groups -OCH3 is 2. The first kappa shape index (κ1) is 18.9. The average Bonchev–Trinajstić information content (AvgIpc) is 3.07. The van der Waals surface area contributed by atoms with E-state index in [2.05, 4.69) is 5.32 Å². The number of rotatable bonds is 5. The molecule has 0 aliphatic carbocycles. The van der Waals surface area contributed by atoms with Gasteiger partial charge in [0.25, 0.3) is 5.91 Å². The summed E-state index contributed by atoms with van der Waals surface area (Å²) < 4.78 is 10.9. The molecule has 1 atom stereocenters. The number of urea groups is 1. The SMILES string of the molecule is COc1cccc(C2NC(=O)N(C)C3=C2C(=O)N(Cc2ccccc2)C3)c1OC. The minimum absolute atomic E-state index is 0.0921. The molecule has 0 saturated carbocycles. The van der Waals surface area contributed by atoms with Crippen LogP contribution in [0.1, 0.15) is 17.2 Å². The number of nitrogens with zero attached hydrogens (tertiary/aromatic N) is 2. The number of carbonyl (C=O) groups is 2. The second-order valence-corrected chi connectivity index (χ2v) is 7.03. The van der Waals surface area contributed by atoms with Gasteiger partial charge in [0.2, 0.25) is 0 Å². The van der Waals surface area contributed by atoms with Gasteiger partial charge in [-0.1, -0.05) is 42.5 Å². The Hall–Kier alpha value is -3.48. The molecular formula is C22H23N3O4. The van der Waals surface area contributed by atoms with Gasteiger partial charge in [0.1, 0.15) is 0 Å². The zero-order valence-electron chi connectivity index (χ0n) is 16.6. The van der Waals surface area contributed by atoms with Crippen LogP contribution in [0.3, 0.4) is 0 Å². The van der Waals surface area contributed by atoms with Crippen molar-refractivity contribution in [1.29, 1.82) is 0 Å². The summed E-state index contributed by atoms with van der Waals surface area (Å²) in [4.78, 5) is 29.3. The Morgan fingerprint density at radius 2 is 1.79 bits per heavy atom. The predicted octanol–water partition coefficient (Wildman–Crippen LogP) is 2.70. The van der Waals surface area contributed by atoms with E-state index >= 15 is 0 Å². The molecule has 2 aliphatic heterocycles. The Morgan fingerprint density at radius 1 is 1.03 bits per heavy atom. The highest BCUT2D eigenvalue weighted by Gasteiger charge is 2.43. The number of carbonyl (C=O) groups excluding carboxylic acids is 2. The molecule has 0 radical (unpaired) electrons. The molecule has 4 rings (SSSR count). The maximum atomic E-state index is 13.4. The van der Waals surface area contributed by atoms with Crippen LogP contribution in [0.5, 0.6) is 11.5 Å². The van der Waals surface area contributed by atoms with Crippen LogP contribution in [0.15, 0.2) is 59.8 Å². The molecule has 7 nitrogen and oxygen atoms in total. The van der Waals surface area contributed by atoms with Crippen LogP contribution in [-0.4, -0.2) is 49.6 Å². The van der Waals surface area contributed by atoms with E-state index in [0.29, 0.717) is 41.4 Å². The normalized spacial score (nSPS) is 18.7. The first-order chi connectivity index (χ1) is 14.0. The first-order valence-electron chi connectivity index (χ1n) is 9.36. The lowest BCUT2D eigenvalue weighted by Crippen LogP contribution is -2.45. The molecule has 3 amide bonds. The van der Waals surface area contributed by atoms with Gasteiger partial charge in [0, 0.05) is 19.2 Å². The van der Waals surface area contributed by atoms with E-state index in [9.17, 15) is 9.59 Å². The van der Waals surface area contributed by atoms with Crippen molar-refractivity contribution < 1.29 is 19.1 Å². The molecular weight excluding hydrogens is 370 g/mol. The highest BCUT2D eigenvalue weighted by Crippen LogP contribution is 2.42. The smallest absolute Gasteiger partial charge is 0.322 e. The highest BCUT2D eigenvalue weighted by molar-refractivity contribution is 6.01. The molecule has 0 spiro atoms. The fourth-order valence-electron chi connectivity index (χ4n) is 3.93. The zero-order chi connectivity index (χ0) is 20.5. The third-order valence-electron chi connectivity index (χ3n) is 5.40. The highest BCUT2D eigenvalue weighted by atomic mass is 16.5. The van der Waals surface area contributed by atoms with Gasteiger partial charge in [0.05, 0.1) is 38.1 Å². The van der Waals surface area contributed by atoms with E-state index in [1.807, 2.05) is 42.5 Å². The molecule has 0 saturated heterocycles. The van der Waals surface area contributed by atoms with Crippen molar-refractivity contribution in [3.8, 4) is 11.5 Å². The van der Waals surface area contributed by atoms with Gasteiger partial charge in [0.15, 0.2) is 11.5 Å². The number of para-hydroxylation sites is 1. The number of likely N-dealkylation sites (N-methyl/N-ethyl adjacent to an activating group) is 1. The van der Waals surface area contributed by atoms with Crippen LogP contribution < -0.4 is 14.8 Å². The average molecular weight is 393 g/mol. The molecule has 1 N–H and O–H groups in total. The minimum atomic E-state index is -0.605. The van der Waals surface area contributed by atoms with Gasteiger partial charge in [-0.3, -0.25) is 9.69 Å². The summed E-state index contributed by atoms with van der Waals surface area (Å²) in [6.07, 6.45) is 0. The van der Waals surface area contributed by atoms with Gasteiger partial charge in [-0.25, -0.2) is 4.79 Å². The van der Waals surface area contributed by atoms with E-state index < -0.39 is 6.04 Å².